The lowest BCUT2D eigenvalue weighted by molar-refractivity contribution is -0.118. The van der Waals surface area contributed by atoms with E-state index in [1.54, 1.807) is 0 Å². The molecule has 0 unspecified atom stereocenters. The first-order valence-electron chi connectivity index (χ1n) is 8.16. The molecule has 0 atom stereocenters. The van der Waals surface area contributed by atoms with Crippen molar-refractivity contribution in [2.75, 3.05) is 5.75 Å². The zero-order valence-corrected chi connectivity index (χ0v) is 16.1. The summed E-state index contributed by atoms with van der Waals surface area (Å²) in [4.78, 5) is 12.1. The van der Waals surface area contributed by atoms with Crippen molar-refractivity contribution in [3.8, 4) is 5.69 Å². The molecule has 0 bridgehead atoms. The van der Waals surface area contributed by atoms with Crippen molar-refractivity contribution in [2.24, 2.45) is 0 Å². The fourth-order valence-corrected chi connectivity index (χ4v) is 3.36. The number of amides is 1. The number of nitrogens with one attached hydrogen (secondary N) is 1. The maximum absolute atomic E-state index is 12.1. The van der Waals surface area contributed by atoms with Crippen LogP contribution in [0.4, 0.5) is 0 Å². The maximum Gasteiger partial charge on any atom is 0.230 e. The third kappa shape index (κ3) is 4.65. The zero-order valence-electron chi connectivity index (χ0n) is 14.6. The van der Waals surface area contributed by atoms with Crippen LogP contribution >= 0.6 is 23.4 Å². The van der Waals surface area contributed by atoms with Crippen LogP contribution in [0.15, 0.2) is 53.7 Å². The van der Waals surface area contributed by atoms with E-state index in [9.17, 15) is 4.79 Å². The minimum atomic E-state index is -0.0427. The van der Waals surface area contributed by atoms with Crippen LogP contribution in [0.25, 0.3) is 5.69 Å². The summed E-state index contributed by atoms with van der Waals surface area (Å²) in [6, 6.07) is 15.5. The Bertz CT molecular complexity index is 891. The minimum absolute atomic E-state index is 0.0427. The first-order valence-corrected chi connectivity index (χ1v) is 9.52. The van der Waals surface area contributed by atoms with Crippen molar-refractivity contribution < 1.29 is 4.79 Å². The van der Waals surface area contributed by atoms with Gasteiger partial charge in [0.05, 0.1) is 5.75 Å². The molecule has 3 rings (SSSR count). The molecule has 1 amide bonds. The zero-order chi connectivity index (χ0) is 18.5. The number of thioether (sulfide) groups is 1. The number of rotatable bonds is 6. The molecule has 1 N–H and O–H groups in total. The van der Waals surface area contributed by atoms with Crippen molar-refractivity contribution in [2.45, 2.75) is 25.5 Å². The molecule has 1 aromatic heterocycles. The Balaban J connectivity index is 1.60. The van der Waals surface area contributed by atoms with Crippen LogP contribution < -0.4 is 5.32 Å². The summed E-state index contributed by atoms with van der Waals surface area (Å²) in [5.41, 5.74) is 3.20. The number of aryl methyl sites for hydroxylation is 2. The van der Waals surface area contributed by atoms with Crippen LogP contribution in [0, 0.1) is 13.8 Å². The molecule has 0 radical (unpaired) electrons. The molecule has 0 aliphatic rings. The lowest BCUT2D eigenvalue weighted by atomic mass is 10.1. The highest BCUT2D eigenvalue weighted by Crippen LogP contribution is 2.22. The van der Waals surface area contributed by atoms with Gasteiger partial charge in [0, 0.05) is 17.3 Å². The minimum Gasteiger partial charge on any atom is -0.351 e. The molecule has 0 fully saturated rings. The van der Waals surface area contributed by atoms with Crippen LogP contribution in [0.1, 0.15) is 17.0 Å². The van der Waals surface area contributed by atoms with Gasteiger partial charge in [0.1, 0.15) is 5.82 Å². The lowest BCUT2D eigenvalue weighted by Crippen LogP contribution is -2.24. The van der Waals surface area contributed by atoms with E-state index >= 15 is 0 Å². The molecule has 5 nitrogen and oxygen atoms in total. The summed E-state index contributed by atoms with van der Waals surface area (Å²) < 4.78 is 1.91. The first-order chi connectivity index (χ1) is 12.5. The van der Waals surface area contributed by atoms with E-state index in [4.69, 9.17) is 11.6 Å². The fraction of sp³-hybridized carbons (Fsp3) is 0.211. The second-order valence-electron chi connectivity index (χ2n) is 5.89. The number of carbonyl (C=O) groups is 1. The quantitative estimate of drug-likeness (QED) is 0.652. The Morgan fingerprint density at radius 2 is 1.77 bits per heavy atom. The van der Waals surface area contributed by atoms with Crippen LogP contribution in [0.5, 0.6) is 0 Å². The Kier molecular flexibility index (Phi) is 5.96. The van der Waals surface area contributed by atoms with Gasteiger partial charge in [0.2, 0.25) is 5.91 Å². The molecule has 26 heavy (non-hydrogen) atoms. The molecule has 7 heteroatoms. The lowest BCUT2D eigenvalue weighted by Gasteiger charge is -2.09. The Hall–Kier alpha value is -2.31. The molecule has 2 aromatic carbocycles. The third-order valence-electron chi connectivity index (χ3n) is 3.82. The van der Waals surface area contributed by atoms with Crippen molar-refractivity contribution in [3.05, 3.63) is 70.5 Å². The van der Waals surface area contributed by atoms with E-state index in [-0.39, 0.29) is 11.7 Å². The van der Waals surface area contributed by atoms with Gasteiger partial charge in [-0.25, -0.2) is 0 Å². The van der Waals surface area contributed by atoms with Gasteiger partial charge >= 0.3 is 0 Å². The topological polar surface area (TPSA) is 59.8 Å². The van der Waals surface area contributed by atoms with Crippen LogP contribution in [-0.4, -0.2) is 26.4 Å². The van der Waals surface area contributed by atoms with Crippen LogP contribution in [-0.2, 0) is 11.3 Å². The number of halogens is 1. The molecule has 134 valence electrons. The smallest absolute Gasteiger partial charge is 0.230 e. The highest BCUT2D eigenvalue weighted by molar-refractivity contribution is 7.99. The number of benzene rings is 2. The van der Waals surface area contributed by atoms with Crippen molar-refractivity contribution in [1.29, 1.82) is 0 Å². The van der Waals surface area contributed by atoms with Crippen molar-refractivity contribution in [3.63, 3.8) is 0 Å². The van der Waals surface area contributed by atoms with E-state index in [1.807, 2.05) is 66.9 Å². The monoisotopic (exact) mass is 386 g/mol. The first kappa shape index (κ1) is 18.5. The third-order valence-corrected chi connectivity index (χ3v) is 5.00. The van der Waals surface area contributed by atoms with E-state index in [2.05, 4.69) is 15.5 Å². The molecule has 3 aromatic rings. The fourth-order valence-electron chi connectivity index (χ4n) is 2.41. The summed E-state index contributed by atoms with van der Waals surface area (Å²) in [5.74, 6) is 0.992. The van der Waals surface area contributed by atoms with Crippen LogP contribution in [0.2, 0.25) is 5.02 Å². The Morgan fingerprint density at radius 3 is 2.46 bits per heavy atom. The second kappa shape index (κ2) is 8.38. The highest BCUT2D eigenvalue weighted by Gasteiger charge is 2.13. The molecule has 0 aliphatic carbocycles. The molecule has 0 saturated carbocycles. The summed E-state index contributed by atoms with van der Waals surface area (Å²) in [7, 11) is 0. The average Bonchev–Trinajstić information content (AvgIpc) is 3.01. The highest BCUT2D eigenvalue weighted by atomic mass is 35.5. The Labute approximate surface area is 161 Å². The number of carbonyl (C=O) groups excluding carboxylic acids is 1. The number of aromatic nitrogens is 3. The standard InChI is InChI=1S/C19H19ClN4OS/c1-13-3-5-15(6-4-13)11-21-18(25)12-26-19-23-22-14(2)24(19)17-9-7-16(20)8-10-17/h3-10H,11-12H2,1-2H3,(H,21,25). The normalized spacial score (nSPS) is 10.7. The number of nitrogens with zero attached hydrogens (tertiary/aromatic N) is 3. The average molecular weight is 387 g/mol. The van der Waals surface area contributed by atoms with Gasteiger partial charge in [0.25, 0.3) is 0 Å². The number of hydrogen-bond acceptors (Lipinski definition) is 4. The SMILES string of the molecule is Cc1ccc(CNC(=O)CSc2nnc(C)n2-c2ccc(Cl)cc2)cc1. The van der Waals surface area contributed by atoms with Gasteiger partial charge in [-0.05, 0) is 43.7 Å². The molecule has 0 aliphatic heterocycles. The molecule has 0 saturated heterocycles. The van der Waals surface area contributed by atoms with Gasteiger partial charge in [0.15, 0.2) is 5.16 Å². The van der Waals surface area contributed by atoms with E-state index in [0.29, 0.717) is 16.7 Å². The van der Waals surface area contributed by atoms with Gasteiger partial charge in [-0.15, -0.1) is 10.2 Å². The van der Waals surface area contributed by atoms with Gasteiger partial charge in [-0.3, -0.25) is 9.36 Å². The van der Waals surface area contributed by atoms with Crippen LogP contribution in [0.3, 0.4) is 0 Å². The molecular formula is C19H19ClN4OS. The summed E-state index contributed by atoms with van der Waals surface area (Å²) in [5, 5.41) is 12.6. The second-order valence-corrected chi connectivity index (χ2v) is 7.27. The van der Waals surface area contributed by atoms with E-state index in [0.717, 1.165) is 17.1 Å². The van der Waals surface area contributed by atoms with Gasteiger partial charge < -0.3 is 5.32 Å². The largest absolute Gasteiger partial charge is 0.351 e. The molecular weight excluding hydrogens is 368 g/mol. The van der Waals surface area contributed by atoms with E-state index < -0.39 is 0 Å². The summed E-state index contributed by atoms with van der Waals surface area (Å²) in [6.07, 6.45) is 0. The van der Waals surface area contributed by atoms with Gasteiger partial charge in [-0.1, -0.05) is 53.2 Å². The summed E-state index contributed by atoms with van der Waals surface area (Å²) >= 11 is 7.31. The Morgan fingerprint density at radius 1 is 1.08 bits per heavy atom. The number of hydrogen-bond donors (Lipinski definition) is 1. The van der Waals surface area contributed by atoms with E-state index in [1.165, 1.54) is 17.3 Å². The molecule has 0 spiro atoms. The predicted molar refractivity (Wildman–Crippen MR) is 105 cm³/mol. The van der Waals surface area contributed by atoms with Crippen molar-refractivity contribution in [1.82, 2.24) is 20.1 Å². The summed E-state index contributed by atoms with van der Waals surface area (Å²) in [6.45, 7) is 4.43. The maximum atomic E-state index is 12.1. The van der Waals surface area contributed by atoms with Crippen molar-refractivity contribution >= 4 is 29.3 Å². The van der Waals surface area contributed by atoms with Gasteiger partial charge in [-0.2, -0.15) is 0 Å². The molecule has 1 heterocycles. The predicted octanol–water partition coefficient (Wildman–Crippen LogP) is 3.95.